The van der Waals surface area contributed by atoms with Gasteiger partial charge in [0.15, 0.2) is 5.60 Å². The number of rotatable bonds is 5. The number of nitrogens with zero attached hydrogens (tertiary/aromatic N) is 1. The van der Waals surface area contributed by atoms with Crippen molar-refractivity contribution in [2.24, 2.45) is 5.92 Å². The summed E-state index contributed by atoms with van der Waals surface area (Å²) in [7, 11) is 0. The smallest absolute Gasteiger partial charge is 0.337 e. The Morgan fingerprint density at radius 1 is 1.30 bits per heavy atom. The van der Waals surface area contributed by atoms with Crippen LogP contribution in [-0.4, -0.2) is 57.6 Å². The average Bonchev–Trinajstić information content (AvgIpc) is 3.12. The summed E-state index contributed by atoms with van der Waals surface area (Å²) in [6.45, 7) is 1.32. The van der Waals surface area contributed by atoms with Crippen molar-refractivity contribution >= 4 is 17.8 Å². The Morgan fingerprint density at radius 2 is 1.95 bits per heavy atom. The maximum absolute atomic E-state index is 12.1. The molecule has 0 spiro atoms. The number of nitrogens with one attached hydrogen (secondary N) is 1. The fourth-order valence-electron chi connectivity index (χ4n) is 2.32. The molecule has 0 aromatic carbocycles. The van der Waals surface area contributed by atoms with Gasteiger partial charge in [-0.2, -0.15) is 0 Å². The zero-order valence-corrected chi connectivity index (χ0v) is 11.5. The molecule has 0 bridgehead atoms. The molecule has 1 aliphatic carbocycles. The number of aliphatic carboxylic acids is 1. The fraction of sp³-hybridized carbons (Fsp3) is 0.769. The van der Waals surface area contributed by atoms with Crippen molar-refractivity contribution in [1.29, 1.82) is 0 Å². The topological polar surface area (TPSA) is 107 Å². The summed E-state index contributed by atoms with van der Waals surface area (Å²) < 4.78 is 0. The van der Waals surface area contributed by atoms with Crippen LogP contribution in [0.5, 0.6) is 0 Å². The van der Waals surface area contributed by atoms with Crippen molar-refractivity contribution in [2.75, 3.05) is 13.1 Å². The highest BCUT2D eigenvalue weighted by atomic mass is 16.4. The summed E-state index contributed by atoms with van der Waals surface area (Å²) in [5.41, 5.74) is -2.00. The second-order valence-corrected chi connectivity index (χ2v) is 5.76. The molecule has 2 unspecified atom stereocenters. The number of amides is 2. The molecule has 0 aromatic heterocycles. The highest BCUT2D eigenvalue weighted by Gasteiger charge is 2.41. The van der Waals surface area contributed by atoms with Crippen LogP contribution in [-0.2, 0) is 14.4 Å². The molecule has 1 heterocycles. The number of hydrogen-bond acceptors (Lipinski definition) is 4. The Balaban J connectivity index is 1.91. The average molecular weight is 284 g/mol. The second kappa shape index (κ2) is 5.40. The number of carboxylic acids is 1. The van der Waals surface area contributed by atoms with E-state index in [0.29, 0.717) is 13.0 Å². The fourth-order valence-corrected chi connectivity index (χ4v) is 2.32. The molecule has 1 saturated carbocycles. The van der Waals surface area contributed by atoms with Gasteiger partial charge >= 0.3 is 5.97 Å². The summed E-state index contributed by atoms with van der Waals surface area (Å²) >= 11 is 0. The third-order valence-corrected chi connectivity index (χ3v) is 3.83. The molecule has 2 amide bonds. The number of carbonyl (C=O) groups is 3. The van der Waals surface area contributed by atoms with Gasteiger partial charge in [0, 0.05) is 12.5 Å². The van der Waals surface area contributed by atoms with Crippen LogP contribution >= 0.6 is 0 Å². The first-order chi connectivity index (χ1) is 9.33. The van der Waals surface area contributed by atoms with Crippen LogP contribution in [0.3, 0.4) is 0 Å². The Hall–Kier alpha value is -1.63. The van der Waals surface area contributed by atoms with Gasteiger partial charge in [0.05, 0.1) is 6.54 Å². The number of aliphatic hydroxyl groups is 1. The van der Waals surface area contributed by atoms with Gasteiger partial charge in [-0.3, -0.25) is 9.59 Å². The Labute approximate surface area is 116 Å². The maximum Gasteiger partial charge on any atom is 0.337 e. The van der Waals surface area contributed by atoms with Gasteiger partial charge in [0.1, 0.15) is 6.04 Å². The molecule has 2 aliphatic rings. The molecule has 7 heteroatoms. The molecule has 1 saturated heterocycles. The minimum Gasteiger partial charge on any atom is -0.479 e. The lowest BCUT2D eigenvalue weighted by atomic mass is 10.1. The molecule has 0 radical (unpaired) electrons. The largest absolute Gasteiger partial charge is 0.479 e. The van der Waals surface area contributed by atoms with Crippen molar-refractivity contribution in [3.63, 3.8) is 0 Å². The minimum atomic E-state index is -2.00. The standard InChI is InChI=1S/C13H20N2O5/c1-13(20,12(18)19)7-14-10(16)9-3-2-6-15(9)11(17)8-4-5-8/h8-9,20H,2-7H2,1H3,(H,14,16)(H,18,19). The quantitative estimate of drug-likeness (QED) is 0.621. The Morgan fingerprint density at radius 3 is 2.50 bits per heavy atom. The monoisotopic (exact) mass is 284 g/mol. The lowest BCUT2D eigenvalue weighted by molar-refractivity contribution is -0.156. The predicted molar refractivity (Wildman–Crippen MR) is 68.7 cm³/mol. The van der Waals surface area contributed by atoms with Crippen LogP contribution in [0.1, 0.15) is 32.6 Å². The summed E-state index contributed by atoms with van der Waals surface area (Å²) in [5.74, 6) is -1.70. The van der Waals surface area contributed by atoms with E-state index in [1.165, 1.54) is 0 Å². The minimum absolute atomic E-state index is 0.0210. The predicted octanol–water partition coefficient (Wildman–Crippen LogP) is -0.661. The highest BCUT2D eigenvalue weighted by molar-refractivity contribution is 5.90. The molecule has 1 aliphatic heterocycles. The zero-order valence-electron chi connectivity index (χ0n) is 11.5. The Kier molecular flexibility index (Phi) is 3.99. The number of carbonyl (C=O) groups excluding carboxylic acids is 2. The van der Waals surface area contributed by atoms with Gasteiger partial charge < -0.3 is 20.4 Å². The molecule has 2 atom stereocenters. The number of hydrogen-bond donors (Lipinski definition) is 3. The van der Waals surface area contributed by atoms with Crippen LogP contribution in [0.25, 0.3) is 0 Å². The van der Waals surface area contributed by atoms with E-state index in [1.807, 2.05) is 0 Å². The van der Waals surface area contributed by atoms with E-state index in [-0.39, 0.29) is 18.4 Å². The van der Waals surface area contributed by atoms with Crippen LogP contribution < -0.4 is 5.32 Å². The maximum atomic E-state index is 12.1. The first-order valence-electron chi connectivity index (χ1n) is 6.87. The van der Waals surface area contributed by atoms with Gasteiger partial charge in [-0.15, -0.1) is 0 Å². The van der Waals surface area contributed by atoms with Crippen molar-refractivity contribution in [3.05, 3.63) is 0 Å². The van der Waals surface area contributed by atoms with E-state index in [2.05, 4.69) is 5.32 Å². The number of carboxylic acid groups (broad SMARTS) is 1. The van der Waals surface area contributed by atoms with E-state index in [1.54, 1.807) is 4.90 Å². The summed E-state index contributed by atoms with van der Waals surface area (Å²) in [5, 5.41) is 20.8. The van der Waals surface area contributed by atoms with Gasteiger partial charge in [-0.25, -0.2) is 4.79 Å². The molecule has 20 heavy (non-hydrogen) atoms. The van der Waals surface area contributed by atoms with Crippen LogP contribution in [0.4, 0.5) is 0 Å². The van der Waals surface area contributed by atoms with Crippen LogP contribution in [0.2, 0.25) is 0 Å². The van der Waals surface area contributed by atoms with E-state index in [9.17, 15) is 19.5 Å². The molecular formula is C13H20N2O5. The van der Waals surface area contributed by atoms with E-state index >= 15 is 0 Å². The number of likely N-dealkylation sites (tertiary alicyclic amines) is 1. The lowest BCUT2D eigenvalue weighted by Crippen LogP contribution is -2.52. The van der Waals surface area contributed by atoms with Crippen molar-refractivity contribution < 1.29 is 24.6 Å². The van der Waals surface area contributed by atoms with Gasteiger partial charge in [0.2, 0.25) is 11.8 Å². The van der Waals surface area contributed by atoms with Crippen LogP contribution in [0.15, 0.2) is 0 Å². The molecule has 2 fully saturated rings. The first kappa shape index (κ1) is 14.8. The molecule has 2 rings (SSSR count). The second-order valence-electron chi connectivity index (χ2n) is 5.76. The summed E-state index contributed by atoms with van der Waals surface area (Å²) in [6.07, 6.45) is 3.13. The van der Waals surface area contributed by atoms with Gasteiger partial charge in [-0.1, -0.05) is 0 Å². The van der Waals surface area contributed by atoms with Crippen molar-refractivity contribution in [1.82, 2.24) is 10.2 Å². The highest BCUT2D eigenvalue weighted by Crippen LogP contribution is 2.33. The molecular weight excluding hydrogens is 264 g/mol. The van der Waals surface area contributed by atoms with Gasteiger partial charge in [0.25, 0.3) is 0 Å². The van der Waals surface area contributed by atoms with Crippen molar-refractivity contribution in [2.45, 2.75) is 44.2 Å². The van der Waals surface area contributed by atoms with Gasteiger partial charge in [-0.05, 0) is 32.6 Å². The van der Waals surface area contributed by atoms with Crippen LogP contribution in [0, 0.1) is 5.92 Å². The molecule has 7 nitrogen and oxygen atoms in total. The van der Waals surface area contributed by atoms with E-state index in [0.717, 1.165) is 26.2 Å². The molecule has 0 aromatic rings. The summed E-state index contributed by atoms with van der Waals surface area (Å²) in [4.78, 5) is 36.4. The third-order valence-electron chi connectivity index (χ3n) is 3.83. The third kappa shape index (κ3) is 3.09. The SMILES string of the molecule is CC(O)(CNC(=O)C1CCCN1C(=O)C1CC1)C(=O)O. The molecule has 3 N–H and O–H groups in total. The van der Waals surface area contributed by atoms with E-state index in [4.69, 9.17) is 5.11 Å². The normalized spacial score (nSPS) is 25.1. The Bertz CT molecular complexity index is 430. The van der Waals surface area contributed by atoms with Crippen molar-refractivity contribution in [3.8, 4) is 0 Å². The first-order valence-corrected chi connectivity index (χ1v) is 6.87. The van der Waals surface area contributed by atoms with E-state index < -0.39 is 23.5 Å². The summed E-state index contributed by atoms with van der Waals surface area (Å²) in [6, 6.07) is -0.535. The zero-order chi connectivity index (χ0) is 14.9. The lowest BCUT2D eigenvalue weighted by Gasteiger charge is -2.25. The molecule has 112 valence electrons.